The molecule has 2 rings (SSSR count). The molecule has 0 fully saturated rings. The number of nitrogens with two attached hydrogens (primary N) is 1. The Morgan fingerprint density at radius 1 is 1.42 bits per heavy atom. The number of nitrogens with one attached hydrogen (secondary N) is 1. The first-order valence-electron chi connectivity index (χ1n) is 5.95. The maximum absolute atomic E-state index is 13.1. The molecule has 1 aromatic heterocycles. The maximum atomic E-state index is 13.1. The number of carbonyl (C=O) groups excluding carboxylic acids is 1. The van der Waals surface area contributed by atoms with Crippen molar-refractivity contribution in [2.45, 2.75) is 13.0 Å². The standard InChI is InChI=1S/C14H16FN3O/c1-9(10-4-3-5-11(15)6-10)17-14(19)13-7-12(16)8-18(13)2/h3-9H,16H2,1-2H3,(H,17,19). The lowest BCUT2D eigenvalue weighted by atomic mass is 10.1. The van der Waals surface area contributed by atoms with Crippen LogP contribution in [-0.2, 0) is 7.05 Å². The van der Waals surface area contributed by atoms with E-state index in [0.717, 1.165) is 5.56 Å². The van der Waals surface area contributed by atoms with Gasteiger partial charge in [-0.3, -0.25) is 4.79 Å². The van der Waals surface area contributed by atoms with Gasteiger partial charge in [-0.25, -0.2) is 4.39 Å². The minimum atomic E-state index is -0.318. The van der Waals surface area contributed by atoms with Crippen molar-refractivity contribution in [3.63, 3.8) is 0 Å². The molecule has 19 heavy (non-hydrogen) atoms. The largest absolute Gasteiger partial charge is 0.397 e. The summed E-state index contributed by atoms with van der Waals surface area (Å²) in [5.41, 5.74) is 7.35. The predicted octanol–water partition coefficient (Wildman–Crippen LogP) is 2.24. The Morgan fingerprint density at radius 3 is 2.74 bits per heavy atom. The van der Waals surface area contributed by atoms with Crippen molar-refractivity contribution in [1.82, 2.24) is 9.88 Å². The fraction of sp³-hybridized carbons (Fsp3) is 0.214. The Kier molecular flexibility index (Phi) is 3.55. The number of aryl methyl sites for hydroxylation is 1. The van der Waals surface area contributed by atoms with E-state index in [-0.39, 0.29) is 17.8 Å². The van der Waals surface area contributed by atoms with Gasteiger partial charge in [0.15, 0.2) is 0 Å². The lowest BCUT2D eigenvalue weighted by Gasteiger charge is -2.14. The van der Waals surface area contributed by atoms with Gasteiger partial charge < -0.3 is 15.6 Å². The number of nitrogen functional groups attached to an aromatic ring is 1. The number of amides is 1. The summed E-state index contributed by atoms with van der Waals surface area (Å²) in [5.74, 6) is -0.558. The summed E-state index contributed by atoms with van der Waals surface area (Å²) in [6, 6.07) is 7.49. The zero-order valence-corrected chi connectivity index (χ0v) is 10.9. The molecule has 0 aliphatic rings. The first kappa shape index (κ1) is 13.1. The Labute approximate surface area is 111 Å². The second-order valence-corrected chi connectivity index (χ2v) is 4.52. The van der Waals surface area contributed by atoms with Crippen molar-refractivity contribution >= 4 is 11.6 Å². The summed E-state index contributed by atoms with van der Waals surface area (Å²) in [7, 11) is 1.75. The zero-order valence-electron chi connectivity index (χ0n) is 10.9. The molecule has 0 bridgehead atoms. The summed E-state index contributed by atoms with van der Waals surface area (Å²) < 4.78 is 14.8. The second kappa shape index (κ2) is 5.14. The van der Waals surface area contributed by atoms with E-state index in [9.17, 15) is 9.18 Å². The third kappa shape index (κ3) is 2.93. The predicted molar refractivity (Wildman–Crippen MR) is 72.1 cm³/mol. The molecule has 1 unspecified atom stereocenters. The van der Waals surface area contributed by atoms with Crippen LogP contribution >= 0.6 is 0 Å². The topological polar surface area (TPSA) is 60.1 Å². The number of anilines is 1. The number of halogens is 1. The van der Waals surface area contributed by atoms with Crippen LogP contribution in [-0.4, -0.2) is 10.5 Å². The summed E-state index contributed by atoms with van der Waals surface area (Å²) >= 11 is 0. The van der Waals surface area contributed by atoms with E-state index in [1.807, 2.05) is 0 Å². The average molecular weight is 261 g/mol. The highest BCUT2D eigenvalue weighted by Gasteiger charge is 2.14. The summed E-state index contributed by atoms with van der Waals surface area (Å²) in [6.45, 7) is 1.80. The van der Waals surface area contributed by atoms with Crippen LogP contribution in [0.4, 0.5) is 10.1 Å². The van der Waals surface area contributed by atoms with Gasteiger partial charge in [0.2, 0.25) is 0 Å². The van der Waals surface area contributed by atoms with Gasteiger partial charge in [-0.05, 0) is 30.7 Å². The number of rotatable bonds is 3. The summed E-state index contributed by atoms with van der Waals surface area (Å²) in [4.78, 5) is 12.1. The molecule has 5 heteroatoms. The van der Waals surface area contributed by atoms with Crippen molar-refractivity contribution in [2.75, 3.05) is 5.73 Å². The lowest BCUT2D eigenvalue weighted by molar-refractivity contribution is 0.0931. The van der Waals surface area contributed by atoms with Gasteiger partial charge in [-0.2, -0.15) is 0 Å². The molecule has 1 heterocycles. The number of nitrogens with zero attached hydrogens (tertiary/aromatic N) is 1. The molecule has 0 aliphatic heterocycles. The van der Waals surface area contributed by atoms with Crippen molar-refractivity contribution in [3.05, 3.63) is 53.6 Å². The van der Waals surface area contributed by atoms with Gasteiger partial charge in [-0.1, -0.05) is 12.1 Å². The van der Waals surface area contributed by atoms with E-state index in [0.29, 0.717) is 11.4 Å². The van der Waals surface area contributed by atoms with E-state index >= 15 is 0 Å². The molecule has 1 atom stereocenters. The van der Waals surface area contributed by atoms with Gasteiger partial charge in [0.05, 0.1) is 11.7 Å². The fourth-order valence-electron chi connectivity index (χ4n) is 1.95. The molecule has 100 valence electrons. The van der Waals surface area contributed by atoms with Crippen molar-refractivity contribution in [2.24, 2.45) is 7.05 Å². The first-order chi connectivity index (χ1) is 8.97. The fourth-order valence-corrected chi connectivity index (χ4v) is 1.95. The van der Waals surface area contributed by atoms with Gasteiger partial charge in [0.25, 0.3) is 5.91 Å². The van der Waals surface area contributed by atoms with E-state index in [1.165, 1.54) is 12.1 Å². The van der Waals surface area contributed by atoms with Crippen LogP contribution in [0.3, 0.4) is 0 Å². The number of benzene rings is 1. The van der Waals surface area contributed by atoms with Crippen molar-refractivity contribution < 1.29 is 9.18 Å². The third-order valence-corrected chi connectivity index (χ3v) is 2.96. The molecular formula is C14H16FN3O. The van der Waals surface area contributed by atoms with Gasteiger partial charge >= 0.3 is 0 Å². The Bertz CT molecular complexity index is 606. The molecule has 1 aromatic carbocycles. The monoisotopic (exact) mass is 261 g/mol. The van der Waals surface area contributed by atoms with Crippen molar-refractivity contribution in [3.8, 4) is 0 Å². The van der Waals surface area contributed by atoms with Crippen LogP contribution in [0.15, 0.2) is 36.5 Å². The number of carbonyl (C=O) groups is 1. The average Bonchev–Trinajstić information content (AvgIpc) is 2.68. The highest BCUT2D eigenvalue weighted by atomic mass is 19.1. The Hall–Kier alpha value is -2.30. The van der Waals surface area contributed by atoms with E-state index in [1.54, 1.807) is 42.9 Å². The lowest BCUT2D eigenvalue weighted by Crippen LogP contribution is -2.28. The van der Waals surface area contributed by atoms with Crippen LogP contribution in [0.5, 0.6) is 0 Å². The minimum Gasteiger partial charge on any atom is -0.397 e. The molecular weight excluding hydrogens is 245 g/mol. The first-order valence-corrected chi connectivity index (χ1v) is 5.95. The van der Waals surface area contributed by atoms with Gasteiger partial charge in [-0.15, -0.1) is 0 Å². The van der Waals surface area contributed by atoms with Gasteiger partial charge in [0, 0.05) is 13.2 Å². The second-order valence-electron chi connectivity index (χ2n) is 4.52. The molecule has 3 N–H and O–H groups in total. The molecule has 2 aromatic rings. The highest BCUT2D eigenvalue weighted by Crippen LogP contribution is 2.15. The van der Waals surface area contributed by atoms with E-state index in [4.69, 9.17) is 5.73 Å². The molecule has 0 saturated carbocycles. The van der Waals surface area contributed by atoms with Gasteiger partial charge in [0.1, 0.15) is 11.5 Å². The molecule has 0 radical (unpaired) electrons. The van der Waals surface area contributed by atoms with Crippen LogP contribution in [0, 0.1) is 5.82 Å². The van der Waals surface area contributed by atoms with Crippen molar-refractivity contribution in [1.29, 1.82) is 0 Å². The Morgan fingerprint density at radius 2 is 2.16 bits per heavy atom. The van der Waals surface area contributed by atoms with E-state index in [2.05, 4.69) is 5.32 Å². The van der Waals surface area contributed by atoms with Crippen LogP contribution < -0.4 is 11.1 Å². The normalized spacial score (nSPS) is 12.2. The summed E-state index contributed by atoms with van der Waals surface area (Å²) in [5, 5.41) is 2.81. The maximum Gasteiger partial charge on any atom is 0.268 e. The summed E-state index contributed by atoms with van der Waals surface area (Å²) in [6.07, 6.45) is 1.67. The molecule has 0 saturated heterocycles. The zero-order chi connectivity index (χ0) is 14.0. The molecule has 1 amide bonds. The molecule has 4 nitrogen and oxygen atoms in total. The quantitative estimate of drug-likeness (QED) is 0.890. The van der Waals surface area contributed by atoms with Crippen LogP contribution in [0.2, 0.25) is 0 Å². The van der Waals surface area contributed by atoms with Crippen LogP contribution in [0.1, 0.15) is 29.0 Å². The molecule has 0 spiro atoms. The molecule has 0 aliphatic carbocycles. The minimum absolute atomic E-state index is 0.240. The highest BCUT2D eigenvalue weighted by molar-refractivity contribution is 5.94. The number of aromatic nitrogens is 1. The third-order valence-electron chi connectivity index (χ3n) is 2.96. The van der Waals surface area contributed by atoms with E-state index < -0.39 is 0 Å². The SMILES string of the molecule is CC(NC(=O)c1cc(N)cn1C)c1cccc(F)c1. The smallest absolute Gasteiger partial charge is 0.268 e. The number of hydrogen-bond acceptors (Lipinski definition) is 2. The Balaban J connectivity index is 2.13. The number of hydrogen-bond donors (Lipinski definition) is 2. The van der Waals surface area contributed by atoms with Crippen LogP contribution in [0.25, 0.3) is 0 Å².